The molecule has 1 aromatic rings. The van der Waals surface area contributed by atoms with E-state index in [9.17, 15) is 19.3 Å². The van der Waals surface area contributed by atoms with Crippen LogP contribution in [0.5, 0.6) is 0 Å². The van der Waals surface area contributed by atoms with Crippen molar-refractivity contribution in [1.82, 2.24) is 4.90 Å². The minimum atomic E-state index is -0.850. The van der Waals surface area contributed by atoms with Crippen LogP contribution in [0.25, 0.3) is 0 Å². The Morgan fingerprint density at radius 3 is 2.85 bits per heavy atom. The third kappa shape index (κ3) is 2.87. The van der Waals surface area contributed by atoms with Crippen molar-refractivity contribution in [2.75, 3.05) is 31.6 Å². The van der Waals surface area contributed by atoms with Gasteiger partial charge < -0.3 is 9.80 Å². The number of anilines is 1. The Bertz CT molecular complexity index is 536. The van der Waals surface area contributed by atoms with Gasteiger partial charge in [-0.2, -0.15) is 4.39 Å². The fraction of sp³-hybridized carbons (Fsp3) is 0.462. The van der Waals surface area contributed by atoms with Crippen molar-refractivity contribution in [3.8, 4) is 0 Å². The van der Waals surface area contributed by atoms with E-state index in [0.717, 1.165) is 19.0 Å². The summed E-state index contributed by atoms with van der Waals surface area (Å²) in [7, 11) is 1.66. The Balaban J connectivity index is 2.09. The number of likely N-dealkylation sites (tertiary alicyclic amines) is 1. The zero-order valence-electron chi connectivity index (χ0n) is 11.2. The Morgan fingerprint density at radius 2 is 2.25 bits per heavy atom. The molecule has 6 nitrogen and oxygen atoms in total. The zero-order valence-corrected chi connectivity index (χ0v) is 11.2. The summed E-state index contributed by atoms with van der Waals surface area (Å²) in [5.74, 6) is -0.747. The molecule has 1 aliphatic rings. The van der Waals surface area contributed by atoms with Crippen molar-refractivity contribution in [3.63, 3.8) is 0 Å². The normalized spacial score (nSPS) is 14.7. The number of hydrogen-bond acceptors (Lipinski definition) is 4. The maximum atomic E-state index is 13.5. The number of nitro groups is 1. The molecule has 1 amide bonds. The lowest BCUT2D eigenvalue weighted by Gasteiger charge is -2.23. The quantitative estimate of drug-likeness (QED) is 0.609. The zero-order chi connectivity index (χ0) is 14.7. The van der Waals surface area contributed by atoms with E-state index >= 15 is 0 Å². The molecule has 1 fully saturated rings. The summed E-state index contributed by atoms with van der Waals surface area (Å²) in [5.41, 5.74) is -0.301. The second-order valence-corrected chi connectivity index (χ2v) is 4.77. The molecule has 108 valence electrons. The highest BCUT2D eigenvalue weighted by Gasteiger charge is 2.24. The van der Waals surface area contributed by atoms with Crippen LogP contribution >= 0.6 is 0 Å². The van der Waals surface area contributed by atoms with Gasteiger partial charge in [0.25, 0.3) is 0 Å². The van der Waals surface area contributed by atoms with Gasteiger partial charge in [0.2, 0.25) is 11.7 Å². The SMILES string of the molecule is CN(CCN1CCCC1=O)c1cccc(F)c1[N+](=O)[O-]. The van der Waals surface area contributed by atoms with Crippen molar-refractivity contribution in [2.24, 2.45) is 0 Å². The smallest absolute Gasteiger partial charge is 0.327 e. The molecular weight excluding hydrogens is 265 g/mol. The van der Waals surface area contributed by atoms with Gasteiger partial charge in [-0.3, -0.25) is 14.9 Å². The lowest BCUT2D eigenvalue weighted by atomic mass is 10.2. The second kappa shape index (κ2) is 5.85. The second-order valence-electron chi connectivity index (χ2n) is 4.77. The molecule has 0 N–H and O–H groups in total. The van der Waals surface area contributed by atoms with Gasteiger partial charge in [0.15, 0.2) is 0 Å². The highest BCUT2D eigenvalue weighted by atomic mass is 19.1. The van der Waals surface area contributed by atoms with Crippen molar-refractivity contribution >= 4 is 17.3 Å². The first-order valence-corrected chi connectivity index (χ1v) is 6.42. The number of likely N-dealkylation sites (N-methyl/N-ethyl adjacent to an activating group) is 1. The van der Waals surface area contributed by atoms with Crippen LogP contribution in [0.3, 0.4) is 0 Å². The van der Waals surface area contributed by atoms with Crippen LogP contribution in [0.2, 0.25) is 0 Å². The predicted octanol–water partition coefficient (Wildman–Crippen LogP) is 1.79. The molecule has 1 aliphatic heterocycles. The van der Waals surface area contributed by atoms with Gasteiger partial charge >= 0.3 is 5.69 Å². The molecule has 7 heteroatoms. The number of carbonyl (C=O) groups excluding carboxylic acids is 1. The van der Waals surface area contributed by atoms with Gasteiger partial charge in [0, 0.05) is 33.1 Å². The number of amides is 1. The van der Waals surface area contributed by atoms with E-state index in [-0.39, 0.29) is 11.6 Å². The van der Waals surface area contributed by atoms with Crippen LogP contribution in [0.15, 0.2) is 18.2 Å². The molecule has 0 aliphatic carbocycles. The number of hydrogen-bond donors (Lipinski definition) is 0. The summed E-state index contributed by atoms with van der Waals surface area (Å²) in [4.78, 5) is 25.0. The van der Waals surface area contributed by atoms with Gasteiger partial charge in [-0.25, -0.2) is 0 Å². The van der Waals surface area contributed by atoms with E-state index in [2.05, 4.69) is 0 Å². The van der Waals surface area contributed by atoms with Gasteiger partial charge in [-0.15, -0.1) is 0 Å². The lowest BCUT2D eigenvalue weighted by Crippen LogP contribution is -2.34. The molecule has 1 saturated heterocycles. The number of nitrogens with zero attached hydrogens (tertiary/aromatic N) is 3. The minimum absolute atomic E-state index is 0.104. The topological polar surface area (TPSA) is 66.7 Å². The molecule has 0 spiro atoms. The molecule has 20 heavy (non-hydrogen) atoms. The number of para-hydroxylation sites is 1. The Kier molecular flexibility index (Phi) is 4.16. The Labute approximate surface area is 115 Å². The number of rotatable bonds is 5. The van der Waals surface area contributed by atoms with Crippen molar-refractivity contribution in [1.29, 1.82) is 0 Å². The molecule has 0 bridgehead atoms. The van der Waals surface area contributed by atoms with E-state index < -0.39 is 16.4 Å². The average Bonchev–Trinajstić information content (AvgIpc) is 2.80. The molecular formula is C13H16FN3O3. The third-order valence-corrected chi connectivity index (χ3v) is 3.44. The number of benzene rings is 1. The highest BCUT2D eigenvalue weighted by molar-refractivity contribution is 5.78. The number of carbonyl (C=O) groups is 1. The van der Waals surface area contributed by atoms with Crippen LogP contribution < -0.4 is 4.90 Å². The maximum Gasteiger partial charge on any atom is 0.327 e. The molecule has 0 radical (unpaired) electrons. The van der Waals surface area contributed by atoms with E-state index in [1.165, 1.54) is 12.1 Å². The summed E-state index contributed by atoms with van der Waals surface area (Å²) in [6.07, 6.45) is 1.41. The summed E-state index contributed by atoms with van der Waals surface area (Å²) in [6.45, 7) is 1.64. The van der Waals surface area contributed by atoms with Gasteiger partial charge in [0.1, 0.15) is 5.69 Å². The van der Waals surface area contributed by atoms with E-state index in [0.29, 0.717) is 19.5 Å². The van der Waals surface area contributed by atoms with Crippen molar-refractivity contribution < 1.29 is 14.1 Å². The monoisotopic (exact) mass is 281 g/mol. The van der Waals surface area contributed by atoms with E-state index in [1.54, 1.807) is 16.8 Å². The molecule has 1 heterocycles. The first-order chi connectivity index (χ1) is 9.50. The summed E-state index contributed by atoms with van der Waals surface area (Å²) >= 11 is 0. The number of nitro benzene ring substituents is 1. The Morgan fingerprint density at radius 1 is 1.50 bits per heavy atom. The largest absolute Gasteiger partial charge is 0.367 e. The third-order valence-electron chi connectivity index (χ3n) is 3.44. The molecule has 0 saturated carbocycles. The predicted molar refractivity (Wildman–Crippen MR) is 72.1 cm³/mol. The fourth-order valence-electron chi connectivity index (χ4n) is 2.32. The molecule has 0 atom stereocenters. The van der Waals surface area contributed by atoms with Crippen molar-refractivity contribution in [3.05, 3.63) is 34.1 Å². The fourth-order valence-corrected chi connectivity index (χ4v) is 2.32. The molecule has 0 unspecified atom stereocenters. The first kappa shape index (κ1) is 14.2. The Hall–Kier alpha value is -2.18. The summed E-state index contributed by atoms with van der Waals surface area (Å²) < 4.78 is 13.5. The van der Waals surface area contributed by atoms with Gasteiger partial charge in [0.05, 0.1) is 4.92 Å². The molecule has 0 aromatic heterocycles. The van der Waals surface area contributed by atoms with Crippen LogP contribution in [-0.4, -0.2) is 42.4 Å². The maximum absolute atomic E-state index is 13.5. The summed E-state index contributed by atoms with van der Waals surface area (Å²) in [6, 6.07) is 4.02. The first-order valence-electron chi connectivity index (χ1n) is 6.42. The van der Waals surface area contributed by atoms with Crippen LogP contribution in [0.4, 0.5) is 15.8 Å². The van der Waals surface area contributed by atoms with E-state index in [1.807, 2.05) is 0 Å². The molecule has 1 aromatic carbocycles. The lowest BCUT2D eigenvalue weighted by molar-refractivity contribution is -0.386. The minimum Gasteiger partial charge on any atom is -0.367 e. The highest BCUT2D eigenvalue weighted by Crippen LogP contribution is 2.29. The summed E-state index contributed by atoms with van der Waals surface area (Å²) in [5, 5.41) is 10.9. The van der Waals surface area contributed by atoms with Gasteiger partial charge in [-0.05, 0) is 18.6 Å². The van der Waals surface area contributed by atoms with E-state index in [4.69, 9.17) is 0 Å². The van der Waals surface area contributed by atoms with Gasteiger partial charge in [-0.1, -0.05) is 6.07 Å². The van der Waals surface area contributed by atoms with Crippen molar-refractivity contribution in [2.45, 2.75) is 12.8 Å². The molecule has 2 rings (SSSR count). The van der Waals surface area contributed by atoms with Crippen LogP contribution in [0, 0.1) is 15.9 Å². The van der Waals surface area contributed by atoms with Crippen LogP contribution in [-0.2, 0) is 4.79 Å². The number of halogens is 1. The average molecular weight is 281 g/mol. The standard InChI is InChI=1S/C13H16FN3O3/c1-15(8-9-16-7-3-6-12(16)18)11-5-2-4-10(14)13(11)17(19)20/h2,4-5H,3,6-9H2,1H3. The van der Waals surface area contributed by atoms with Crippen LogP contribution in [0.1, 0.15) is 12.8 Å².